The number of methoxy groups -OCH3 is 1. The molecule has 1 N–H and O–H groups in total. The van der Waals surface area contributed by atoms with Crippen molar-refractivity contribution in [3.05, 3.63) is 70.9 Å². The average molecular weight is 488 g/mol. The standard InChI is InChI=1S/C23H25N3O5S2/c1-17(27)24-18-6-12-22(13-7-18)33(29,30)25(2)16-23(28)26(15-21-5-4-14-32-21)19-8-10-20(31-3)11-9-19/h4-14H,15-16H2,1-3H3,(H,24,27). The zero-order valence-corrected chi connectivity index (χ0v) is 20.2. The SMILES string of the molecule is COc1ccc(N(Cc2cccs2)C(=O)CN(C)S(=O)(=O)c2ccc(NC(C)=O)cc2)cc1. The van der Waals surface area contributed by atoms with Crippen molar-refractivity contribution in [2.45, 2.75) is 18.4 Å². The van der Waals surface area contributed by atoms with Crippen molar-refractivity contribution in [3.8, 4) is 5.75 Å². The first-order valence-corrected chi connectivity index (χ1v) is 12.3. The highest BCUT2D eigenvalue weighted by molar-refractivity contribution is 7.89. The largest absolute Gasteiger partial charge is 0.497 e. The van der Waals surface area contributed by atoms with Crippen molar-refractivity contribution < 1.29 is 22.7 Å². The molecule has 33 heavy (non-hydrogen) atoms. The first-order chi connectivity index (χ1) is 15.7. The van der Waals surface area contributed by atoms with Crippen LogP contribution in [0.4, 0.5) is 11.4 Å². The highest BCUT2D eigenvalue weighted by atomic mass is 32.2. The van der Waals surface area contributed by atoms with Gasteiger partial charge in [0.2, 0.25) is 21.8 Å². The van der Waals surface area contributed by atoms with Gasteiger partial charge in [0.25, 0.3) is 0 Å². The van der Waals surface area contributed by atoms with Crippen molar-refractivity contribution in [2.24, 2.45) is 0 Å². The molecule has 0 atom stereocenters. The third-order valence-corrected chi connectivity index (χ3v) is 7.50. The van der Waals surface area contributed by atoms with Gasteiger partial charge in [0.05, 0.1) is 25.1 Å². The first-order valence-electron chi connectivity index (χ1n) is 10.0. The molecule has 2 aromatic carbocycles. The molecule has 0 radical (unpaired) electrons. The summed E-state index contributed by atoms with van der Waals surface area (Å²) in [6.45, 7) is 1.35. The molecule has 8 nitrogen and oxygen atoms in total. The zero-order valence-electron chi connectivity index (χ0n) is 18.5. The van der Waals surface area contributed by atoms with Gasteiger partial charge >= 0.3 is 0 Å². The molecule has 0 aliphatic heterocycles. The van der Waals surface area contributed by atoms with Crippen LogP contribution >= 0.6 is 11.3 Å². The van der Waals surface area contributed by atoms with Crippen LogP contribution in [0.25, 0.3) is 0 Å². The predicted molar refractivity (Wildman–Crippen MR) is 129 cm³/mol. The van der Waals surface area contributed by atoms with Crippen molar-refractivity contribution in [2.75, 3.05) is 30.9 Å². The number of benzene rings is 2. The summed E-state index contributed by atoms with van der Waals surface area (Å²) in [7, 11) is -0.983. The van der Waals surface area contributed by atoms with E-state index < -0.39 is 10.0 Å². The van der Waals surface area contributed by atoms with Gasteiger partial charge in [-0.3, -0.25) is 9.59 Å². The first kappa shape index (κ1) is 24.4. The minimum absolute atomic E-state index is 0.0288. The van der Waals surface area contributed by atoms with Crippen LogP contribution in [0.3, 0.4) is 0 Å². The van der Waals surface area contributed by atoms with Crippen LogP contribution in [0.15, 0.2) is 70.9 Å². The molecule has 0 fully saturated rings. The molecule has 0 saturated heterocycles. The Balaban J connectivity index is 1.80. The summed E-state index contributed by atoms with van der Waals surface area (Å²) in [4.78, 5) is 27.0. The molecule has 174 valence electrons. The lowest BCUT2D eigenvalue weighted by atomic mass is 10.2. The Morgan fingerprint density at radius 3 is 2.24 bits per heavy atom. The van der Waals surface area contributed by atoms with Gasteiger partial charge in [0, 0.05) is 30.2 Å². The molecule has 3 aromatic rings. The van der Waals surface area contributed by atoms with Crippen LogP contribution in [0.1, 0.15) is 11.8 Å². The lowest BCUT2D eigenvalue weighted by Crippen LogP contribution is -2.40. The van der Waals surface area contributed by atoms with E-state index >= 15 is 0 Å². The van der Waals surface area contributed by atoms with Crippen LogP contribution in [0.2, 0.25) is 0 Å². The molecule has 3 rings (SSSR count). The van der Waals surface area contributed by atoms with Gasteiger partial charge < -0.3 is 15.0 Å². The summed E-state index contributed by atoms with van der Waals surface area (Å²) in [5.74, 6) is 0.0388. The molecule has 1 aromatic heterocycles. The fourth-order valence-electron chi connectivity index (χ4n) is 3.10. The maximum absolute atomic E-state index is 13.2. The number of ether oxygens (including phenoxy) is 1. The Hall–Kier alpha value is -3.21. The van der Waals surface area contributed by atoms with E-state index in [2.05, 4.69) is 5.32 Å². The number of nitrogens with zero attached hydrogens (tertiary/aromatic N) is 2. The molecular formula is C23H25N3O5S2. The fourth-order valence-corrected chi connectivity index (χ4v) is 4.91. The number of sulfonamides is 1. The van der Waals surface area contributed by atoms with Gasteiger partial charge in [-0.1, -0.05) is 6.07 Å². The summed E-state index contributed by atoms with van der Waals surface area (Å²) in [6.07, 6.45) is 0. The van der Waals surface area contributed by atoms with Crippen LogP contribution in [-0.4, -0.2) is 45.2 Å². The summed E-state index contributed by atoms with van der Waals surface area (Å²) in [5.41, 5.74) is 1.13. The lowest BCUT2D eigenvalue weighted by molar-refractivity contribution is -0.118. The van der Waals surface area contributed by atoms with Crippen LogP contribution in [0, 0.1) is 0 Å². The lowest BCUT2D eigenvalue weighted by Gasteiger charge is -2.25. The number of thiophene rings is 1. The number of hydrogen-bond donors (Lipinski definition) is 1. The Kier molecular flexibility index (Phi) is 7.85. The smallest absolute Gasteiger partial charge is 0.243 e. The molecule has 0 aliphatic carbocycles. The number of carbonyl (C=O) groups is 2. The highest BCUT2D eigenvalue weighted by Gasteiger charge is 2.26. The Bertz CT molecular complexity index is 1190. The predicted octanol–water partition coefficient (Wildman–Crippen LogP) is 3.57. The Labute approximate surface area is 197 Å². The van der Waals surface area contributed by atoms with Crippen molar-refractivity contribution in [3.63, 3.8) is 0 Å². The van der Waals surface area contributed by atoms with Gasteiger partial charge in [0.1, 0.15) is 5.75 Å². The van der Waals surface area contributed by atoms with Gasteiger partial charge in [-0.25, -0.2) is 8.42 Å². The maximum atomic E-state index is 13.2. The molecular weight excluding hydrogens is 462 g/mol. The zero-order chi connectivity index (χ0) is 24.0. The van der Waals surface area contributed by atoms with E-state index in [4.69, 9.17) is 4.74 Å². The summed E-state index contributed by atoms with van der Waals surface area (Å²) >= 11 is 1.52. The molecule has 1 heterocycles. The second-order valence-electron chi connectivity index (χ2n) is 7.22. The molecule has 10 heteroatoms. The Morgan fingerprint density at radius 1 is 1.03 bits per heavy atom. The third-order valence-electron chi connectivity index (χ3n) is 4.82. The molecule has 0 bridgehead atoms. The third kappa shape index (κ3) is 6.19. The number of rotatable bonds is 9. The normalized spacial score (nSPS) is 11.3. The monoisotopic (exact) mass is 487 g/mol. The minimum Gasteiger partial charge on any atom is -0.497 e. The molecule has 0 unspecified atom stereocenters. The van der Waals surface area contributed by atoms with Gasteiger partial charge in [-0.05, 0) is 60.0 Å². The van der Waals surface area contributed by atoms with E-state index in [9.17, 15) is 18.0 Å². The van der Waals surface area contributed by atoms with Crippen molar-refractivity contribution in [1.82, 2.24) is 4.31 Å². The van der Waals surface area contributed by atoms with Crippen LogP contribution in [-0.2, 0) is 26.2 Å². The van der Waals surface area contributed by atoms with Crippen LogP contribution < -0.4 is 15.0 Å². The van der Waals surface area contributed by atoms with E-state index in [0.717, 1.165) is 9.18 Å². The second kappa shape index (κ2) is 10.6. The number of amides is 2. The van der Waals surface area contributed by atoms with Gasteiger partial charge in [0.15, 0.2) is 0 Å². The molecule has 2 amide bonds. The van der Waals surface area contributed by atoms with E-state index in [1.807, 2.05) is 17.5 Å². The number of anilines is 2. The van der Waals surface area contributed by atoms with E-state index in [1.165, 1.54) is 49.6 Å². The number of nitrogens with one attached hydrogen (secondary N) is 1. The summed E-state index contributed by atoms with van der Waals surface area (Å²) < 4.78 is 32.2. The maximum Gasteiger partial charge on any atom is 0.243 e. The number of likely N-dealkylation sites (N-methyl/N-ethyl adjacent to an activating group) is 1. The van der Waals surface area contributed by atoms with Gasteiger partial charge in [-0.2, -0.15) is 4.31 Å². The molecule has 0 spiro atoms. The molecule has 0 aliphatic rings. The fraction of sp³-hybridized carbons (Fsp3) is 0.217. The number of hydrogen-bond acceptors (Lipinski definition) is 6. The number of carbonyl (C=O) groups excluding carboxylic acids is 2. The highest BCUT2D eigenvalue weighted by Crippen LogP contribution is 2.24. The summed E-state index contributed by atoms with van der Waals surface area (Å²) in [5, 5.41) is 4.51. The van der Waals surface area contributed by atoms with E-state index in [-0.39, 0.29) is 23.3 Å². The van der Waals surface area contributed by atoms with E-state index in [1.54, 1.807) is 36.3 Å². The van der Waals surface area contributed by atoms with Gasteiger partial charge in [-0.15, -0.1) is 11.3 Å². The summed E-state index contributed by atoms with van der Waals surface area (Å²) in [6, 6.07) is 16.7. The molecule has 0 saturated carbocycles. The Morgan fingerprint density at radius 2 is 1.70 bits per heavy atom. The van der Waals surface area contributed by atoms with Crippen LogP contribution in [0.5, 0.6) is 5.75 Å². The second-order valence-corrected chi connectivity index (χ2v) is 10.3. The van der Waals surface area contributed by atoms with Crippen molar-refractivity contribution in [1.29, 1.82) is 0 Å². The average Bonchev–Trinajstić information content (AvgIpc) is 3.31. The van der Waals surface area contributed by atoms with E-state index in [0.29, 0.717) is 23.7 Å². The topological polar surface area (TPSA) is 96.0 Å². The van der Waals surface area contributed by atoms with Crippen molar-refractivity contribution >= 4 is 44.5 Å². The quantitative estimate of drug-likeness (QED) is 0.498. The minimum atomic E-state index is -3.91.